The molecule has 1 aliphatic heterocycles. The second kappa shape index (κ2) is 7.96. The lowest BCUT2D eigenvalue weighted by Gasteiger charge is -2.21. The third kappa shape index (κ3) is 3.59. The number of amides is 1. The molecule has 1 fully saturated rings. The fourth-order valence-electron chi connectivity index (χ4n) is 4.55. The van der Waals surface area contributed by atoms with Gasteiger partial charge in [-0.1, -0.05) is 23.4 Å². The number of rotatable bonds is 6. The van der Waals surface area contributed by atoms with Gasteiger partial charge in [0.2, 0.25) is 17.6 Å². The summed E-state index contributed by atoms with van der Waals surface area (Å²) in [6, 6.07) is 12.0. The highest BCUT2D eigenvalue weighted by Gasteiger charge is 2.32. The van der Waals surface area contributed by atoms with Crippen LogP contribution in [0.2, 0.25) is 0 Å². The van der Waals surface area contributed by atoms with Gasteiger partial charge in [-0.25, -0.2) is 0 Å². The standard InChI is InChI=1S/C23H24N6O2/c1-15-18(17-5-2-3-6-19(17)29(15)14-21(24)30)13-28-12-4-7-20(28)23-26-22(27-31-23)16-8-10-25-11-9-16/h2-3,5-6,8-11,20H,4,7,12-14H2,1H3,(H2,24,30)/t20-/m1/s1. The monoisotopic (exact) mass is 416 g/mol. The molecule has 4 aromatic rings. The minimum absolute atomic E-state index is 0.0701. The number of benzene rings is 1. The molecule has 5 rings (SSSR count). The Labute approximate surface area is 179 Å². The predicted molar refractivity (Wildman–Crippen MR) is 116 cm³/mol. The maximum Gasteiger partial charge on any atom is 0.244 e. The van der Waals surface area contributed by atoms with E-state index in [1.54, 1.807) is 12.4 Å². The molecule has 8 heteroatoms. The molecule has 0 radical (unpaired) electrons. The van der Waals surface area contributed by atoms with Crippen LogP contribution in [-0.4, -0.2) is 37.0 Å². The fourth-order valence-corrected chi connectivity index (χ4v) is 4.55. The van der Waals surface area contributed by atoms with E-state index >= 15 is 0 Å². The van der Waals surface area contributed by atoms with E-state index in [1.165, 1.54) is 5.56 Å². The number of pyridine rings is 1. The van der Waals surface area contributed by atoms with Crippen molar-refractivity contribution in [2.45, 2.75) is 38.9 Å². The predicted octanol–water partition coefficient (Wildman–Crippen LogP) is 3.22. The molecule has 1 saturated heterocycles. The molecule has 2 N–H and O–H groups in total. The molecule has 158 valence electrons. The number of likely N-dealkylation sites (tertiary alicyclic amines) is 1. The van der Waals surface area contributed by atoms with Gasteiger partial charge in [0.25, 0.3) is 0 Å². The topological polar surface area (TPSA) is 103 Å². The van der Waals surface area contributed by atoms with Gasteiger partial charge in [0, 0.05) is 41.1 Å². The first kappa shape index (κ1) is 19.4. The van der Waals surface area contributed by atoms with Crippen LogP contribution in [0.1, 0.15) is 36.0 Å². The summed E-state index contributed by atoms with van der Waals surface area (Å²) in [5.74, 6) is 0.880. The maximum absolute atomic E-state index is 11.6. The SMILES string of the molecule is Cc1c(CN2CCC[C@@H]2c2nc(-c3ccncc3)no2)c2ccccc2n1CC(N)=O. The Hall–Kier alpha value is -3.52. The van der Waals surface area contributed by atoms with Crippen molar-refractivity contribution in [3.8, 4) is 11.4 Å². The van der Waals surface area contributed by atoms with Crippen LogP contribution in [0, 0.1) is 6.92 Å². The summed E-state index contributed by atoms with van der Waals surface area (Å²) in [5, 5.41) is 5.33. The molecule has 0 unspecified atom stereocenters. The van der Waals surface area contributed by atoms with Gasteiger partial charge in [-0.05, 0) is 50.1 Å². The van der Waals surface area contributed by atoms with Gasteiger partial charge in [0.1, 0.15) is 6.54 Å². The molecule has 3 aromatic heterocycles. The molecule has 0 aliphatic carbocycles. The molecule has 1 atom stereocenters. The highest BCUT2D eigenvalue weighted by atomic mass is 16.5. The maximum atomic E-state index is 11.6. The number of hydrogen-bond donors (Lipinski definition) is 1. The van der Waals surface area contributed by atoms with Crippen LogP contribution >= 0.6 is 0 Å². The number of nitrogens with zero attached hydrogens (tertiary/aromatic N) is 5. The highest BCUT2D eigenvalue weighted by molar-refractivity contribution is 5.87. The van der Waals surface area contributed by atoms with E-state index in [2.05, 4.69) is 33.0 Å². The highest BCUT2D eigenvalue weighted by Crippen LogP contribution is 2.36. The van der Waals surface area contributed by atoms with Crippen LogP contribution in [0.5, 0.6) is 0 Å². The van der Waals surface area contributed by atoms with Crippen LogP contribution in [0.3, 0.4) is 0 Å². The van der Waals surface area contributed by atoms with Crippen molar-refractivity contribution in [3.63, 3.8) is 0 Å². The summed E-state index contributed by atoms with van der Waals surface area (Å²) in [7, 11) is 0. The van der Waals surface area contributed by atoms with Crippen LogP contribution in [0.25, 0.3) is 22.3 Å². The normalized spacial score (nSPS) is 16.9. The number of fused-ring (bicyclic) bond motifs is 1. The summed E-state index contributed by atoms with van der Waals surface area (Å²) in [6.45, 7) is 3.93. The molecule has 0 saturated carbocycles. The molecule has 4 heterocycles. The lowest BCUT2D eigenvalue weighted by Crippen LogP contribution is -2.24. The van der Waals surface area contributed by atoms with Crippen molar-refractivity contribution >= 4 is 16.8 Å². The first-order valence-corrected chi connectivity index (χ1v) is 10.4. The van der Waals surface area contributed by atoms with Crippen LogP contribution in [-0.2, 0) is 17.9 Å². The number of carbonyl (C=O) groups excluding carboxylic acids is 1. The first-order valence-electron chi connectivity index (χ1n) is 10.4. The van der Waals surface area contributed by atoms with E-state index in [9.17, 15) is 4.79 Å². The Morgan fingerprint density at radius 1 is 1.23 bits per heavy atom. The van der Waals surface area contributed by atoms with Gasteiger partial charge in [-0.15, -0.1) is 0 Å². The van der Waals surface area contributed by atoms with Gasteiger partial charge in [0.05, 0.1) is 6.04 Å². The summed E-state index contributed by atoms with van der Waals surface area (Å²) in [6.07, 6.45) is 5.48. The van der Waals surface area contributed by atoms with Crippen LogP contribution in [0.15, 0.2) is 53.3 Å². The second-order valence-corrected chi connectivity index (χ2v) is 7.95. The van der Waals surface area contributed by atoms with Crippen molar-refractivity contribution in [2.24, 2.45) is 5.73 Å². The Morgan fingerprint density at radius 2 is 2.03 bits per heavy atom. The van der Waals surface area contributed by atoms with E-state index in [1.807, 2.05) is 34.9 Å². The van der Waals surface area contributed by atoms with Crippen molar-refractivity contribution in [1.82, 2.24) is 24.6 Å². The first-order chi connectivity index (χ1) is 15.1. The molecular formula is C23H24N6O2. The van der Waals surface area contributed by atoms with Crippen molar-refractivity contribution in [2.75, 3.05) is 6.54 Å². The molecule has 31 heavy (non-hydrogen) atoms. The van der Waals surface area contributed by atoms with Crippen LogP contribution < -0.4 is 5.73 Å². The third-order valence-electron chi connectivity index (χ3n) is 6.07. The van der Waals surface area contributed by atoms with Crippen LogP contribution in [0.4, 0.5) is 0 Å². The van der Waals surface area contributed by atoms with Crippen molar-refractivity contribution in [3.05, 3.63) is 65.9 Å². The lowest BCUT2D eigenvalue weighted by atomic mass is 10.1. The molecule has 1 amide bonds. The molecular weight excluding hydrogens is 392 g/mol. The largest absolute Gasteiger partial charge is 0.368 e. The molecule has 8 nitrogen and oxygen atoms in total. The summed E-state index contributed by atoms with van der Waals surface area (Å²) in [4.78, 5) is 22.7. The Bertz CT molecular complexity index is 1230. The molecule has 1 aromatic carbocycles. The minimum Gasteiger partial charge on any atom is -0.368 e. The van der Waals surface area contributed by atoms with E-state index in [0.29, 0.717) is 11.7 Å². The smallest absolute Gasteiger partial charge is 0.244 e. The van der Waals surface area contributed by atoms with E-state index in [4.69, 9.17) is 10.3 Å². The summed E-state index contributed by atoms with van der Waals surface area (Å²) >= 11 is 0. The van der Waals surface area contributed by atoms with Gasteiger partial charge in [-0.3, -0.25) is 14.7 Å². The summed E-state index contributed by atoms with van der Waals surface area (Å²) in [5.41, 5.74) is 9.69. The van der Waals surface area contributed by atoms with E-state index < -0.39 is 0 Å². The average molecular weight is 416 g/mol. The zero-order valence-corrected chi connectivity index (χ0v) is 17.4. The lowest BCUT2D eigenvalue weighted by molar-refractivity contribution is -0.118. The third-order valence-corrected chi connectivity index (χ3v) is 6.07. The number of carbonyl (C=O) groups is 1. The number of primary amides is 1. The van der Waals surface area contributed by atoms with Gasteiger partial charge < -0.3 is 14.8 Å². The molecule has 0 bridgehead atoms. The zero-order valence-electron chi connectivity index (χ0n) is 17.4. The Morgan fingerprint density at radius 3 is 2.84 bits per heavy atom. The second-order valence-electron chi connectivity index (χ2n) is 7.95. The van der Waals surface area contributed by atoms with Crippen molar-refractivity contribution < 1.29 is 9.32 Å². The molecule has 0 spiro atoms. The van der Waals surface area contributed by atoms with Gasteiger partial charge in [0.15, 0.2) is 0 Å². The van der Waals surface area contributed by atoms with Crippen molar-refractivity contribution in [1.29, 1.82) is 0 Å². The Kier molecular flexibility index (Phi) is 4.99. The number of nitrogens with two attached hydrogens (primary N) is 1. The summed E-state index contributed by atoms with van der Waals surface area (Å²) < 4.78 is 7.66. The number of para-hydroxylation sites is 1. The minimum atomic E-state index is -0.344. The quantitative estimate of drug-likeness (QED) is 0.518. The van der Waals surface area contributed by atoms with E-state index in [-0.39, 0.29) is 18.5 Å². The van der Waals surface area contributed by atoms with Gasteiger partial charge >= 0.3 is 0 Å². The van der Waals surface area contributed by atoms with E-state index in [0.717, 1.165) is 48.1 Å². The number of hydrogen-bond acceptors (Lipinski definition) is 6. The fraction of sp³-hybridized carbons (Fsp3) is 0.304. The Balaban J connectivity index is 1.45. The number of aromatic nitrogens is 4. The molecule has 1 aliphatic rings. The average Bonchev–Trinajstić information content (AvgIpc) is 3.50. The van der Waals surface area contributed by atoms with Gasteiger partial charge in [-0.2, -0.15) is 4.98 Å². The zero-order chi connectivity index (χ0) is 21.4.